The van der Waals surface area contributed by atoms with Crippen molar-refractivity contribution in [1.82, 2.24) is 0 Å². The molecular weight excluding hydrogens is 191 g/mol. The van der Waals surface area contributed by atoms with Crippen LogP contribution in [-0.4, -0.2) is 11.7 Å². The van der Waals surface area contributed by atoms with E-state index in [0.29, 0.717) is 5.56 Å². The maximum atomic E-state index is 13.7. The number of aryl methyl sites for hydroxylation is 1. The Hall–Kier alpha value is -0.890. The zero-order chi connectivity index (χ0) is 11.3. The molecule has 1 aromatic rings. The van der Waals surface area contributed by atoms with E-state index in [4.69, 9.17) is 0 Å². The maximum absolute atomic E-state index is 13.7. The zero-order valence-electron chi connectivity index (χ0n) is 9.47. The van der Waals surface area contributed by atoms with Gasteiger partial charge in [0.15, 0.2) is 0 Å². The molecule has 2 rings (SSSR count). The Morgan fingerprint density at radius 3 is 2.47 bits per heavy atom. The lowest BCUT2D eigenvalue weighted by Crippen LogP contribution is -2.21. The molecule has 0 bridgehead atoms. The molecule has 1 atom stereocenters. The third kappa shape index (κ3) is 1.39. The number of aliphatic hydroxyl groups excluding tert-OH is 1. The number of benzene rings is 1. The van der Waals surface area contributed by atoms with Gasteiger partial charge in [-0.25, -0.2) is 4.39 Å². The van der Waals surface area contributed by atoms with Crippen LogP contribution in [0.15, 0.2) is 18.2 Å². The first-order valence-corrected chi connectivity index (χ1v) is 5.30. The fourth-order valence-electron chi connectivity index (χ4n) is 2.53. The van der Waals surface area contributed by atoms with Gasteiger partial charge in [-0.15, -0.1) is 0 Å². The summed E-state index contributed by atoms with van der Waals surface area (Å²) >= 11 is 0. The average Bonchev–Trinajstić information content (AvgIpc) is 2.74. The smallest absolute Gasteiger partial charge is 0.127 e. The third-order valence-electron chi connectivity index (χ3n) is 3.82. The van der Waals surface area contributed by atoms with E-state index in [0.717, 1.165) is 12.0 Å². The number of halogens is 1. The molecule has 15 heavy (non-hydrogen) atoms. The molecule has 82 valence electrons. The summed E-state index contributed by atoms with van der Waals surface area (Å²) in [6.45, 7) is 6.12. The molecule has 1 nitrogen and oxygen atoms in total. The Bertz CT molecular complexity index is 398. The topological polar surface area (TPSA) is 20.2 Å². The second-order valence-electron chi connectivity index (χ2n) is 5.28. The lowest BCUT2D eigenvalue weighted by Gasteiger charge is -2.19. The summed E-state index contributed by atoms with van der Waals surface area (Å²) < 4.78 is 13.7. The van der Waals surface area contributed by atoms with Gasteiger partial charge in [-0.3, -0.25) is 0 Å². The molecule has 0 radical (unpaired) electrons. The van der Waals surface area contributed by atoms with Gasteiger partial charge < -0.3 is 5.11 Å². The Labute approximate surface area is 89.9 Å². The molecule has 1 aromatic carbocycles. The Balaban J connectivity index is 2.50. The van der Waals surface area contributed by atoms with Crippen LogP contribution in [0, 0.1) is 18.2 Å². The summed E-state index contributed by atoms with van der Waals surface area (Å²) in [5, 5.41) is 9.49. The lowest BCUT2D eigenvalue weighted by molar-refractivity contribution is 0.228. The molecule has 1 unspecified atom stereocenters. The molecule has 1 fully saturated rings. The second kappa shape index (κ2) is 3.05. The molecular formula is C13H17FO. The van der Waals surface area contributed by atoms with Crippen LogP contribution in [0.2, 0.25) is 0 Å². The van der Waals surface area contributed by atoms with Crippen LogP contribution in [0.1, 0.15) is 31.4 Å². The van der Waals surface area contributed by atoms with Crippen molar-refractivity contribution >= 4 is 0 Å². The van der Waals surface area contributed by atoms with E-state index in [1.54, 1.807) is 6.07 Å². The van der Waals surface area contributed by atoms with Gasteiger partial charge in [0, 0.05) is 5.41 Å². The molecule has 0 spiro atoms. The van der Waals surface area contributed by atoms with Crippen LogP contribution in [-0.2, 0) is 5.41 Å². The molecule has 1 aliphatic carbocycles. The first kappa shape index (κ1) is 10.6. The Morgan fingerprint density at radius 1 is 1.40 bits per heavy atom. The van der Waals surface area contributed by atoms with Crippen LogP contribution in [0.4, 0.5) is 4.39 Å². The Kier molecular flexibility index (Phi) is 2.16. The van der Waals surface area contributed by atoms with Crippen LogP contribution < -0.4 is 0 Å². The first-order chi connectivity index (χ1) is 6.93. The fraction of sp³-hybridized carbons (Fsp3) is 0.538. The number of hydrogen-bond donors (Lipinski definition) is 1. The molecule has 0 saturated heterocycles. The lowest BCUT2D eigenvalue weighted by atomic mass is 9.87. The van der Waals surface area contributed by atoms with E-state index in [9.17, 15) is 9.50 Å². The van der Waals surface area contributed by atoms with Crippen molar-refractivity contribution in [2.45, 2.75) is 32.6 Å². The molecule has 0 aliphatic heterocycles. The van der Waals surface area contributed by atoms with Gasteiger partial charge in [0.05, 0.1) is 6.61 Å². The molecule has 2 heteroatoms. The van der Waals surface area contributed by atoms with E-state index in [-0.39, 0.29) is 23.3 Å². The molecule has 0 aromatic heterocycles. The summed E-state index contributed by atoms with van der Waals surface area (Å²) in [4.78, 5) is 0. The van der Waals surface area contributed by atoms with Crippen molar-refractivity contribution in [3.05, 3.63) is 35.1 Å². The highest BCUT2D eigenvalue weighted by Gasteiger charge is 2.62. The summed E-state index contributed by atoms with van der Waals surface area (Å²) in [5.41, 5.74) is 1.37. The Morgan fingerprint density at radius 2 is 2.00 bits per heavy atom. The quantitative estimate of drug-likeness (QED) is 0.792. The van der Waals surface area contributed by atoms with Gasteiger partial charge in [0.25, 0.3) is 0 Å². The van der Waals surface area contributed by atoms with Gasteiger partial charge in [-0.2, -0.15) is 0 Å². The SMILES string of the molecule is Cc1ccc(F)c(C2(CO)CC2(C)C)c1. The van der Waals surface area contributed by atoms with Crippen molar-refractivity contribution in [3.8, 4) is 0 Å². The zero-order valence-corrected chi connectivity index (χ0v) is 9.47. The van der Waals surface area contributed by atoms with Crippen molar-refractivity contribution in [1.29, 1.82) is 0 Å². The summed E-state index contributed by atoms with van der Waals surface area (Å²) in [6.07, 6.45) is 0.858. The van der Waals surface area contributed by atoms with Crippen LogP contribution in [0.25, 0.3) is 0 Å². The minimum absolute atomic E-state index is 0.0103. The molecule has 0 heterocycles. The predicted octanol–water partition coefficient (Wildman–Crippen LogP) is 2.79. The summed E-state index contributed by atoms with van der Waals surface area (Å²) in [6, 6.07) is 5.12. The van der Waals surface area contributed by atoms with Crippen molar-refractivity contribution in [2.24, 2.45) is 5.41 Å². The highest BCUT2D eigenvalue weighted by Crippen LogP contribution is 2.64. The minimum atomic E-state index is -0.358. The van der Waals surface area contributed by atoms with Gasteiger partial charge >= 0.3 is 0 Å². The van der Waals surface area contributed by atoms with E-state index in [1.807, 2.05) is 13.0 Å². The third-order valence-corrected chi connectivity index (χ3v) is 3.82. The van der Waals surface area contributed by atoms with Crippen LogP contribution >= 0.6 is 0 Å². The van der Waals surface area contributed by atoms with E-state index in [2.05, 4.69) is 13.8 Å². The van der Waals surface area contributed by atoms with E-state index < -0.39 is 0 Å². The van der Waals surface area contributed by atoms with E-state index in [1.165, 1.54) is 6.07 Å². The number of rotatable bonds is 2. The predicted molar refractivity (Wildman–Crippen MR) is 58.3 cm³/mol. The summed E-state index contributed by atoms with van der Waals surface area (Å²) in [7, 11) is 0. The van der Waals surface area contributed by atoms with E-state index >= 15 is 0 Å². The number of aliphatic hydroxyl groups is 1. The highest BCUT2D eigenvalue weighted by atomic mass is 19.1. The highest BCUT2D eigenvalue weighted by molar-refractivity contribution is 5.40. The molecule has 0 amide bonds. The van der Waals surface area contributed by atoms with Gasteiger partial charge in [-0.1, -0.05) is 31.5 Å². The molecule has 1 aliphatic rings. The number of hydrogen-bond acceptors (Lipinski definition) is 1. The molecule has 1 saturated carbocycles. The maximum Gasteiger partial charge on any atom is 0.127 e. The normalized spacial score (nSPS) is 27.8. The van der Waals surface area contributed by atoms with Gasteiger partial charge in [0.1, 0.15) is 5.82 Å². The van der Waals surface area contributed by atoms with Gasteiger partial charge in [-0.05, 0) is 30.4 Å². The average molecular weight is 208 g/mol. The monoisotopic (exact) mass is 208 g/mol. The standard InChI is InChI=1S/C13H17FO/c1-9-4-5-11(14)10(6-9)13(8-15)7-12(13,2)3/h4-6,15H,7-8H2,1-3H3. The largest absolute Gasteiger partial charge is 0.395 e. The van der Waals surface area contributed by atoms with Crippen LogP contribution in [0.3, 0.4) is 0 Å². The fourth-order valence-corrected chi connectivity index (χ4v) is 2.53. The van der Waals surface area contributed by atoms with Crippen molar-refractivity contribution < 1.29 is 9.50 Å². The van der Waals surface area contributed by atoms with Crippen molar-refractivity contribution in [3.63, 3.8) is 0 Å². The summed E-state index contributed by atoms with van der Waals surface area (Å²) in [5.74, 6) is -0.194. The molecule has 1 N–H and O–H groups in total. The van der Waals surface area contributed by atoms with Crippen LogP contribution in [0.5, 0.6) is 0 Å². The second-order valence-corrected chi connectivity index (χ2v) is 5.28. The van der Waals surface area contributed by atoms with Crippen molar-refractivity contribution in [2.75, 3.05) is 6.61 Å². The van der Waals surface area contributed by atoms with Gasteiger partial charge in [0.2, 0.25) is 0 Å². The first-order valence-electron chi connectivity index (χ1n) is 5.30. The minimum Gasteiger partial charge on any atom is -0.395 e.